The van der Waals surface area contributed by atoms with E-state index < -0.39 is 0 Å². The molecule has 0 bridgehead atoms. The molecule has 0 aliphatic carbocycles. The zero-order chi connectivity index (χ0) is 14.4. The van der Waals surface area contributed by atoms with Crippen LogP contribution >= 0.6 is 24.8 Å². The van der Waals surface area contributed by atoms with Gasteiger partial charge in [0.25, 0.3) is 0 Å². The predicted octanol–water partition coefficient (Wildman–Crippen LogP) is 2.40. The molecule has 2 rings (SSSR count). The van der Waals surface area contributed by atoms with Crippen LogP contribution in [0.25, 0.3) is 0 Å². The van der Waals surface area contributed by atoms with Crippen LogP contribution < -0.4 is 15.5 Å². The molecule has 1 heterocycles. The molecule has 6 heteroatoms. The number of carbonyl (C=O) groups excluding carboxylic acids is 1. The standard InChI is InChI=1S/C16H25N3O.2ClH/c1-13-12-14-6-3-4-7-15(14)19(13)11-10-18-16(20)8-5-9-17-2;;/h3-4,6-7,13,17H,5,8-12H2,1-2H3,(H,18,20);2*1H. The lowest BCUT2D eigenvalue weighted by Crippen LogP contribution is -2.37. The van der Waals surface area contributed by atoms with Crippen LogP contribution in [0.2, 0.25) is 0 Å². The minimum atomic E-state index is 0. The molecule has 1 unspecified atom stereocenters. The van der Waals surface area contributed by atoms with Gasteiger partial charge >= 0.3 is 0 Å². The molecular weight excluding hydrogens is 321 g/mol. The van der Waals surface area contributed by atoms with E-state index in [2.05, 4.69) is 46.7 Å². The van der Waals surface area contributed by atoms with Crippen LogP contribution in [0.15, 0.2) is 24.3 Å². The minimum absolute atomic E-state index is 0. The van der Waals surface area contributed by atoms with Crippen molar-refractivity contribution in [3.63, 3.8) is 0 Å². The molecule has 2 N–H and O–H groups in total. The topological polar surface area (TPSA) is 44.4 Å². The first-order valence-corrected chi connectivity index (χ1v) is 7.48. The van der Waals surface area contributed by atoms with Crippen LogP contribution in [0, 0.1) is 0 Å². The summed E-state index contributed by atoms with van der Waals surface area (Å²) in [7, 11) is 1.91. The van der Waals surface area contributed by atoms with Crippen LogP contribution in [-0.4, -0.2) is 38.6 Å². The third kappa shape index (κ3) is 5.67. The summed E-state index contributed by atoms with van der Waals surface area (Å²) in [5.74, 6) is 0.153. The molecule has 0 saturated carbocycles. The van der Waals surface area contributed by atoms with Gasteiger partial charge in [-0.2, -0.15) is 0 Å². The molecule has 22 heavy (non-hydrogen) atoms. The third-order valence-corrected chi connectivity index (χ3v) is 3.85. The van der Waals surface area contributed by atoms with Gasteiger partial charge in [0.15, 0.2) is 0 Å². The number of amides is 1. The van der Waals surface area contributed by atoms with Gasteiger partial charge in [-0.25, -0.2) is 0 Å². The molecule has 0 radical (unpaired) electrons. The average molecular weight is 348 g/mol. The predicted molar refractivity (Wildman–Crippen MR) is 97.6 cm³/mol. The van der Waals surface area contributed by atoms with Crippen LogP contribution in [-0.2, 0) is 11.2 Å². The monoisotopic (exact) mass is 347 g/mol. The van der Waals surface area contributed by atoms with Crippen LogP contribution in [0.4, 0.5) is 5.69 Å². The molecule has 1 aromatic rings. The Labute approximate surface area is 145 Å². The number of hydrogen-bond acceptors (Lipinski definition) is 3. The highest BCUT2D eigenvalue weighted by molar-refractivity contribution is 5.85. The summed E-state index contributed by atoms with van der Waals surface area (Å²) < 4.78 is 0. The highest BCUT2D eigenvalue weighted by atomic mass is 35.5. The Balaban J connectivity index is 0.00000220. The van der Waals surface area contributed by atoms with Crippen LogP contribution in [0.5, 0.6) is 0 Å². The normalized spacial score (nSPS) is 15.5. The maximum absolute atomic E-state index is 11.7. The molecular formula is C16H27Cl2N3O. The molecule has 1 atom stereocenters. The Hall–Kier alpha value is -0.970. The fraction of sp³-hybridized carbons (Fsp3) is 0.562. The van der Waals surface area contributed by atoms with E-state index in [4.69, 9.17) is 0 Å². The first kappa shape index (κ1) is 21.0. The number of nitrogens with zero attached hydrogens (tertiary/aromatic N) is 1. The third-order valence-electron chi connectivity index (χ3n) is 3.85. The highest BCUT2D eigenvalue weighted by Crippen LogP contribution is 2.31. The summed E-state index contributed by atoms with van der Waals surface area (Å²) in [5, 5.41) is 6.06. The summed E-state index contributed by atoms with van der Waals surface area (Å²) in [6, 6.07) is 9.07. The molecule has 0 aromatic heterocycles. The first-order chi connectivity index (χ1) is 9.72. The molecule has 1 aliphatic heterocycles. The molecule has 1 amide bonds. The molecule has 0 fully saturated rings. The van der Waals surface area contributed by atoms with Gasteiger partial charge < -0.3 is 15.5 Å². The van der Waals surface area contributed by atoms with Crippen molar-refractivity contribution in [1.29, 1.82) is 0 Å². The van der Waals surface area contributed by atoms with Crippen molar-refractivity contribution in [2.24, 2.45) is 0 Å². The Bertz CT molecular complexity index is 457. The highest BCUT2D eigenvalue weighted by Gasteiger charge is 2.24. The maximum Gasteiger partial charge on any atom is 0.220 e. The number of anilines is 1. The van der Waals surface area contributed by atoms with Gasteiger partial charge in [-0.1, -0.05) is 18.2 Å². The summed E-state index contributed by atoms with van der Waals surface area (Å²) in [5.41, 5.74) is 2.74. The molecule has 1 aromatic carbocycles. The van der Waals surface area contributed by atoms with E-state index in [1.54, 1.807) is 0 Å². The fourth-order valence-corrected chi connectivity index (χ4v) is 2.80. The minimum Gasteiger partial charge on any atom is -0.367 e. The number of benzene rings is 1. The van der Waals surface area contributed by atoms with Crippen molar-refractivity contribution in [1.82, 2.24) is 10.6 Å². The molecule has 1 aliphatic rings. The van der Waals surface area contributed by atoms with Gasteiger partial charge in [-0.05, 0) is 45.0 Å². The largest absolute Gasteiger partial charge is 0.367 e. The van der Waals surface area contributed by atoms with Gasteiger partial charge in [-0.15, -0.1) is 24.8 Å². The van der Waals surface area contributed by atoms with Crippen molar-refractivity contribution >= 4 is 36.4 Å². The number of para-hydroxylation sites is 1. The lowest BCUT2D eigenvalue weighted by molar-refractivity contribution is -0.121. The average Bonchev–Trinajstić information content (AvgIpc) is 2.75. The van der Waals surface area contributed by atoms with Gasteiger partial charge in [-0.3, -0.25) is 4.79 Å². The SMILES string of the molecule is CNCCCC(=O)NCCN1c2ccccc2CC1C.Cl.Cl. The number of halogens is 2. The number of hydrogen-bond donors (Lipinski definition) is 2. The molecule has 126 valence electrons. The second-order valence-electron chi connectivity index (χ2n) is 5.43. The van der Waals surface area contributed by atoms with E-state index in [0.717, 1.165) is 32.5 Å². The van der Waals surface area contributed by atoms with Crippen LogP contribution in [0.1, 0.15) is 25.3 Å². The van der Waals surface area contributed by atoms with Gasteiger partial charge in [0.1, 0.15) is 0 Å². The Morgan fingerprint density at radius 2 is 2.00 bits per heavy atom. The number of rotatable bonds is 7. The van der Waals surface area contributed by atoms with Crippen LogP contribution in [0.3, 0.4) is 0 Å². The maximum atomic E-state index is 11.7. The smallest absolute Gasteiger partial charge is 0.220 e. The van der Waals surface area contributed by atoms with Gasteiger partial charge in [0.05, 0.1) is 0 Å². The zero-order valence-electron chi connectivity index (χ0n) is 13.3. The number of fused-ring (bicyclic) bond motifs is 1. The van der Waals surface area contributed by atoms with E-state index in [1.807, 2.05) is 7.05 Å². The van der Waals surface area contributed by atoms with Gasteiger partial charge in [0, 0.05) is 31.2 Å². The second-order valence-corrected chi connectivity index (χ2v) is 5.43. The Kier molecular flexibility index (Phi) is 10.2. The number of carbonyl (C=O) groups is 1. The Morgan fingerprint density at radius 3 is 2.73 bits per heavy atom. The zero-order valence-corrected chi connectivity index (χ0v) is 14.9. The summed E-state index contributed by atoms with van der Waals surface area (Å²) in [4.78, 5) is 14.1. The molecule has 0 saturated heterocycles. The number of nitrogens with one attached hydrogen (secondary N) is 2. The molecule has 0 spiro atoms. The summed E-state index contributed by atoms with van der Waals surface area (Å²) >= 11 is 0. The van der Waals surface area contributed by atoms with E-state index >= 15 is 0 Å². The lowest BCUT2D eigenvalue weighted by atomic mass is 10.1. The van der Waals surface area contributed by atoms with Crippen molar-refractivity contribution in [3.8, 4) is 0 Å². The summed E-state index contributed by atoms with van der Waals surface area (Å²) in [6.07, 6.45) is 2.60. The van der Waals surface area contributed by atoms with Crippen molar-refractivity contribution in [2.45, 2.75) is 32.2 Å². The van der Waals surface area contributed by atoms with Gasteiger partial charge in [0.2, 0.25) is 5.91 Å². The quantitative estimate of drug-likeness (QED) is 0.744. The van der Waals surface area contributed by atoms with Crippen molar-refractivity contribution in [3.05, 3.63) is 29.8 Å². The van der Waals surface area contributed by atoms with E-state index in [1.165, 1.54) is 11.3 Å². The van der Waals surface area contributed by atoms with Crippen molar-refractivity contribution < 1.29 is 4.79 Å². The van der Waals surface area contributed by atoms with E-state index in [-0.39, 0.29) is 30.7 Å². The first-order valence-electron chi connectivity index (χ1n) is 7.48. The fourth-order valence-electron chi connectivity index (χ4n) is 2.80. The van der Waals surface area contributed by atoms with Crippen molar-refractivity contribution in [2.75, 3.05) is 31.6 Å². The van der Waals surface area contributed by atoms with E-state index in [0.29, 0.717) is 12.5 Å². The lowest BCUT2D eigenvalue weighted by Gasteiger charge is -2.25. The van der Waals surface area contributed by atoms with E-state index in [9.17, 15) is 4.79 Å². The molecule has 4 nitrogen and oxygen atoms in total. The second kappa shape index (κ2) is 10.7. The summed E-state index contributed by atoms with van der Waals surface area (Å²) in [6.45, 7) is 4.74. The Morgan fingerprint density at radius 1 is 1.27 bits per heavy atom.